The molecule has 1 unspecified atom stereocenters. The first-order valence-electron chi connectivity index (χ1n) is 7.11. The lowest BCUT2D eigenvalue weighted by Crippen LogP contribution is -2.50. The van der Waals surface area contributed by atoms with Crippen LogP contribution in [0.2, 0.25) is 0 Å². The smallest absolute Gasteiger partial charge is 0.317 e. The minimum absolute atomic E-state index is 0.0811. The predicted molar refractivity (Wildman–Crippen MR) is 76.6 cm³/mol. The average molecular weight is 252 g/mol. The van der Waals surface area contributed by atoms with Gasteiger partial charge in [-0.15, -0.1) is 0 Å². The quantitative estimate of drug-likeness (QED) is 0.765. The molecule has 0 aromatic carbocycles. The highest BCUT2D eigenvalue weighted by Gasteiger charge is 2.32. The van der Waals surface area contributed by atoms with Crippen LogP contribution in [0.25, 0.3) is 0 Å². The topological polar surface area (TPSA) is 32.3 Å². The molecule has 1 aliphatic rings. The summed E-state index contributed by atoms with van der Waals surface area (Å²) in [5.41, 5.74) is 1.59. The Balaban J connectivity index is 2.68. The number of allylic oxidation sites excluding steroid dienone is 2. The summed E-state index contributed by atoms with van der Waals surface area (Å²) in [5, 5.41) is 3.23. The Hall–Kier alpha value is -0.990. The first-order valence-corrected chi connectivity index (χ1v) is 7.11. The maximum atomic E-state index is 12.2. The molecule has 0 saturated carbocycles. The number of hydrogen-bond donors (Lipinski definition) is 1. The molecule has 1 N–H and O–H groups in total. The van der Waals surface area contributed by atoms with Crippen molar-refractivity contribution in [3.05, 3.63) is 11.6 Å². The molecule has 1 aliphatic carbocycles. The van der Waals surface area contributed by atoms with Gasteiger partial charge in [-0.05, 0) is 45.4 Å². The van der Waals surface area contributed by atoms with E-state index in [9.17, 15) is 4.79 Å². The zero-order chi connectivity index (χ0) is 13.8. The summed E-state index contributed by atoms with van der Waals surface area (Å²) in [6.45, 7) is 12.3. The van der Waals surface area contributed by atoms with Crippen LogP contribution in [0.1, 0.15) is 53.9 Å². The summed E-state index contributed by atoms with van der Waals surface area (Å²) >= 11 is 0. The Bertz CT molecular complexity index is 316. The highest BCUT2D eigenvalue weighted by molar-refractivity contribution is 5.74. The van der Waals surface area contributed by atoms with Gasteiger partial charge in [0.05, 0.1) is 0 Å². The van der Waals surface area contributed by atoms with Gasteiger partial charge in [-0.3, -0.25) is 0 Å². The standard InChI is InChI=1S/C15H28N2O/c1-6-17(7-2)14(18)16-13-9-8-12(3)10-11-15(13,4)5/h10,13H,6-9,11H2,1-5H3,(H,16,18). The van der Waals surface area contributed by atoms with Gasteiger partial charge < -0.3 is 10.2 Å². The van der Waals surface area contributed by atoms with Gasteiger partial charge >= 0.3 is 6.03 Å². The summed E-state index contributed by atoms with van der Waals surface area (Å²) in [7, 11) is 0. The molecule has 0 aromatic heterocycles. The lowest BCUT2D eigenvalue weighted by atomic mass is 9.80. The van der Waals surface area contributed by atoms with E-state index < -0.39 is 0 Å². The minimum Gasteiger partial charge on any atom is -0.335 e. The number of carbonyl (C=O) groups excluding carboxylic acids is 1. The van der Waals surface area contributed by atoms with Gasteiger partial charge in [-0.25, -0.2) is 4.79 Å². The molecule has 0 fully saturated rings. The third-order valence-corrected chi connectivity index (χ3v) is 4.10. The Morgan fingerprint density at radius 3 is 2.61 bits per heavy atom. The van der Waals surface area contributed by atoms with Crippen LogP contribution in [-0.2, 0) is 0 Å². The summed E-state index contributed by atoms with van der Waals surface area (Å²) in [6.07, 6.45) is 5.50. The Labute approximate surface area is 112 Å². The van der Waals surface area contributed by atoms with Crippen LogP contribution in [-0.4, -0.2) is 30.1 Å². The molecule has 3 nitrogen and oxygen atoms in total. The fraction of sp³-hybridized carbons (Fsp3) is 0.800. The molecule has 104 valence electrons. The van der Waals surface area contributed by atoms with Crippen molar-refractivity contribution in [1.29, 1.82) is 0 Å². The molecule has 0 spiro atoms. The molecule has 0 aliphatic heterocycles. The number of nitrogens with one attached hydrogen (secondary N) is 1. The molecule has 3 heteroatoms. The van der Waals surface area contributed by atoms with E-state index >= 15 is 0 Å². The van der Waals surface area contributed by atoms with Gasteiger partial charge in [-0.1, -0.05) is 25.5 Å². The average Bonchev–Trinajstić information content (AvgIpc) is 2.44. The van der Waals surface area contributed by atoms with Gasteiger partial charge in [0, 0.05) is 19.1 Å². The van der Waals surface area contributed by atoms with E-state index in [0.717, 1.165) is 32.4 Å². The van der Waals surface area contributed by atoms with Crippen molar-refractivity contribution >= 4 is 6.03 Å². The van der Waals surface area contributed by atoms with E-state index in [0.29, 0.717) is 0 Å². The monoisotopic (exact) mass is 252 g/mol. The van der Waals surface area contributed by atoms with Gasteiger partial charge in [0.15, 0.2) is 0 Å². The van der Waals surface area contributed by atoms with Crippen molar-refractivity contribution in [2.24, 2.45) is 5.41 Å². The third-order valence-electron chi connectivity index (χ3n) is 4.10. The van der Waals surface area contributed by atoms with Crippen LogP contribution >= 0.6 is 0 Å². The van der Waals surface area contributed by atoms with E-state index in [4.69, 9.17) is 0 Å². The van der Waals surface area contributed by atoms with Crippen molar-refractivity contribution in [1.82, 2.24) is 10.2 Å². The fourth-order valence-electron chi connectivity index (χ4n) is 2.46. The predicted octanol–water partition coefficient (Wildman–Crippen LogP) is 3.56. The van der Waals surface area contributed by atoms with E-state index in [2.05, 4.69) is 32.2 Å². The van der Waals surface area contributed by atoms with Crippen molar-refractivity contribution in [3.63, 3.8) is 0 Å². The Kier molecular flexibility index (Phi) is 5.24. The number of hydrogen-bond acceptors (Lipinski definition) is 1. The van der Waals surface area contributed by atoms with E-state index in [1.165, 1.54) is 5.57 Å². The molecular formula is C15H28N2O. The number of carbonyl (C=O) groups is 1. The normalized spacial score (nSPS) is 22.9. The Morgan fingerprint density at radius 1 is 1.44 bits per heavy atom. The summed E-state index contributed by atoms with van der Waals surface area (Å²) < 4.78 is 0. The molecule has 1 rings (SSSR count). The second-order valence-corrected chi connectivity index (χ2v) is 5.96. The van der Waals surface area contributed by atoms with Crippen LogP contribution < -0.4 is 5.32 Å². The van der Waals surface area contributed by atoms with Crippen LogP contribution in [0.15, 0.2) is 11.6 Å². The van der Waals surface area contributed by atoms with Crippen LogP contribution in [0.5, 0.6) is 0 Å². The first-order chi connectivity index (χ1) is 8.40. The van der Waals surface area contributed by atoms with E-state index in [-0.39, 0.29) is 17.5 Å². The van der Waals surface area contributed by atoms with Crippen molar-refractivity contribution in [3.8, 4) is 0 Å². The van der Waals surface area contributed by atoms with Gasteiger partial charge in [0.25, 0.3) is 0 Å². The fourth-order valence-corrected chi connectivity index (χ4v) is 2.46. The van der Waals surface area contributed by atoms with Gasteiger partial charge in [0.2, 0.25) is 0 Å². The largest absolute Gasteiger partial charge is 0.335 e. The number of amides is 2. The second-order valence-electron chi connectivity index (χ2n) is 5.96. The maximum absolute atomic E-state index is 12.2. The highest BCUT2D eigenvalue weighted by Crippen LogP contribution is 2.33. The number of nitrogens with zero attached hydrogens (tertiary/aromatic N) is 1. The molecule has 0 heterocycles. The summed E-state index contributed by atoms with van der Waals surface area (Å²) in [5.74, 6) is 0. The van der Waals surface area contributed by atoms with E-state index in [1.807, 2.05) is 18.7 Å². The molecule has 1 atom stereocenters. The number of urea groups is 1. The molecule has 2 amide bonds. The van der Waals surface area contributed by atoms with Crippen molar-refractivity contribution in [2.45, 2.75) is 59.9 Å². The summed E-state index contributed by atoms with van der Waals surface area (Å²) in [4.78, 5) is 14.0. The zero-order valence-corrected chi connectivity index (χ0v) is 12.5. The molecular weight excluding hydrogens is 224 g/mol. The molecule has 0 saturated heterocycles. The summed E-state index contributed by atoms with van der Waals surface area (Å²) in [6, 6.07) is 0.344. The third kappa shape index (κ3) is 3.76. The molecule has 0 radical (unpaired) electrons. The SMILES string of the molecule is CCN(CC)C(=O)NC1CCC(C)=CCC1(C)C. The van der Waals surface area contributed by atoms with Gasteiger partial charge in [0.1, 0.15) is 0 Å². The lowest BCUT2D eigenvalue weighted by molar-refractivity contribution is 0.177. The van der Waals surface area contributed by atoms with Crippen molar-refractivity contribution in [2.75, 3.05) is 13.1 Å². The highest BCUT2D eigenvalue weighted by atomic mass is 16.2. The van der Waals surface area contributed by atoms with Crippen LogP contribution in [0, 0.1) is 5.41 Å². The van der Waals surface area contributed by atoms with Gasteiger partial charge in [-0.2, -0.15) is 0 Å². The van der Waals surface area contributed by atoms with E-state index in [1.54, 1.807) is 0 Å². The zero-order valence-electron chi connectivity index (χ0n) is 12.5. The lowest BCUT2D eigenvalue weighted by Gasteiger charge is -2.34. The number of rotatable bonds is 3. The second kappa shape index (κ2) is 6.26. The van der Waals surface area contributed by atoms with Crippen molar-refractivity contribution < 1.29 is 4.79 Å². The first kappa shape index (κ1) is 15.1. The minimum atomic E-state index is 0.0811. The molecule has 0 aromatic rings. The Morgan fingerprint density at radius 2 is 2.06 bits per heavy atom. The van der Waals surface area contributed by atoms with Crippen LogP contribution in [0.3, 0.4) is 0 Å². The maximum Gasteiger partial charge on any atom is 0.317 e. The molecule has 0 bridgehead atoms. The van der Waals surface area contributed by atoms with Crippen LogP contribution in [0.4, 0.5) is 4.79 Å². The molecule has 18 heavy (non-hydrogen) atoms.